The van der Waals surface area contributed by atoms with Gasteiger partial charge in [-0.15, -0.1) is 0 Å². The number of amides is 3. The van der Waals surface area contributed by atoms with Crippen LogP contribution in [0.1, 0.15) is 30.9 Å². The van der Waals surface area contributed by atoms with Gasteiger partial charge in [-0.3, -0.25) is 4.68 Å². The number of urea groups is 1. The zero-order valence-electron chi connectivity index (χ0n) is 15.1. The quantitative estimate of drug-likeness (QED) is 0.815. The summed E-state index contributed by atoms with van der Waals surface area (Å²) in [7, 11) is 1.73. The highest BCUT2D eigenvalue weighted by molar-refractivity contribution is 5.75. The second-order valence-electron chi connectivity index (χ2n) is 6.95. The van der Waals surface area contributed by atoms with Gasteiger partial charge in [0.25, 0.3) is 0 Å². The van der Waals surface area contributed by atoms with Gasteiger partial charge in [-0.25, -0.2) is 14.6 Å². The van der Waals surface area contributed by atoms with Crippen LogP contribution in [0.2, 0.25) is 0 Å². The Morgan fingerprint density at radius 3 is 2.80 bits per heavy atom. The summed E-state index contributed by atoms with van der Waals surface area (Å²) in [6.45, 7) is 6.77. The van der Waals surface area contributed by atoms with Gasteiger partial charge in [0, 0.05) is 26.7 Å². The molecule has 1 aromatic rings. The van der Waals surface area contributed by atoms with Crippen LogP contribution in [0.25, 0.3) is 0 Å². The SMILES string of the molecule is Cc1nc(C)n(CCCNC(=O)N2CCC[C@@]3(CN(C)C(=O)O3)C2)n1. The molecule has 0 bridgehead atoms. The first-order chi connectivity index (χ1) is 11.9. The van der Waals surface area contributed by atoms with E-state index in [9.17, 15) is 9.59 Å². The molecule has 1 aromatic heterocycles. The number of nitrogens with zero attached hydrogens (tertiary/aromatic N) is 5. The van der Waals surface area contributed by atoms with Gasteiger partial charge in [-0.1, -0.05) is 0 Å². The molecular formula is C16H26N6O3. The molecule has 0 unspecified atom stereocenters. The molecule has 9 nitrogen and oxygen atoms in total. The van der Waals surface area contributed by atoms with E-state index in [4.69, 9.17) is 4.74 Å². The second-order valence-corrected chi connectivity index (χ2v) is 6.95. The smallest absolute Gasteiger partial charge is 0.410 e. The van der Waals surface area contributed by atoms with Gasteiger partial charge in [0.1, 0.15) is 17.2 Å². The summed E-state index contributed by atoms with van der Waals surface area (Å²) in [5.74, 6) is 1.64. The summed E-state index contributed by atoms with van der Waals surface area (Å²) in [6, 6.07) is -0.101. The number of ether oxygens (including phenoxy) is 1. The Bertz CT molecular complexity index is 660. The van der Waals surface area contributed by atoms with E-state index >= 15 is 0 Å². The molecular weight excluding hydrogens is 324 g/mol. The van der Waals surface area contributed by atoms with E-state index in [0.717, 1.165) is 37.5 Å². The summed E-state index contributed by atoms with van der Waals surface area (Å²) in [5.41, 5.74) is -0.545. The number of nitrogens with one attached hydrogen (secondary N) is 1. The van der Waals surface area contributed by atoms with Crippen LogP contribution in [0, 0.1) is 13.8 Å². The molecule has 2 aliphatic rings. The summed E-state index contributed by atoms with van der Waals surface area (Å²) < 4.78 is 7.38. The van der Waals surface area contributed by atoms with Crippen molar-refractivity contribution in [3.63, 3.8) is 0 Å². The van der Waals surface area contributed by atoms with Crippen LogP contribution in [0.3, 0.4) is 0 Å². The number of carbonyl (C=O) groups excluding carboxylic acids is 2. The molecule has 3 rings (SSSR count). The van der Waals surface area contributed by atoms with Crippen LogP contribution in [-0.2, 0) is 11.3 Å². The normalized spacial score (nSPS) is 23.2. The zero-order valence-corrected chi connectivity index (χ0v) is 15.1. The van der Waals surface area contributed by atoms with Gasteiger partial charge in [0.2, 0.25) is 0 Å². The molecule has 1 spiro atoms. The number of hydrogen-bond acceptors (Lipinski definition) is 5. The molecule has 0 saturated carbocycles. The third-order valence-corrected chi connectivity index (χ3v) is 4.75. The highest BCUT2D eigenvalue weighted by Crippen LogP contribution is 2.31. The largest absolute Gasteiger partial charge is 0.439 e. The average molecular weight is 350 g/mol. The van der Waals surface area contributed by atoms with Crippen LogP contribution in [0.4, 0.5) is 9.59 Å². The molecule has 1 atom stereocenters. The zero-order chi connectivity index (χ0) is 18.0. The third kappa shape index (κ3) is 3.85. The third-order valence-electron chi connectivity index (χ3n) is 4.75. The molecule has 138 valence electrons. The fraction of sp³-hybridized carbons (Fsp3) is 0.750. The van der Waals surface area contributed by atoms with Crippen LogP contribution >= 0.6 is 0 Å². The van der Waals surface area contributed by atoms with Crippen molar-refractivity contribution in [1.82, 2.24) is 29.9 Å². The molecule has 3 heterocycles. The van der Waals surface area contributed by atoms with Crippen molar-refractivity contribution in [1.29, 1.82) is 0 Å². The Hall–Kier alpha value is -2.32. The molecule has 9 heteroatoms. The van der Waals surface area contributed by atoms with E-state index in [1.54, 1.807) is 16.8 Å². The number of aromatic nitrogens is 3. The number of likely N-dealkylation sites (tertiary alicyclic amines) is 1. The molecule has 2 saturated heterocycles. The van der Waals surface area contributed by atoms with Gasteiger partial charge in [0.05, 0.1) is 13.1 Å². The maximum absolute atomic E-state index is 12.4. The lowest BCUT2D eigenvalue weighted by atomic mass is 9.93. The standard InChI is InChI=1S/C16H26N6O3/c1-12-18-13(2)22(19-12)9-5-7-17-14(23)21-8-4-6-16(11-21)10-20(3)15(24)25-16/h4-11H2,1-3H3,(H,17,23)/t16-/m1/s1. The average Bonchev–Trinajstić information content (AvgIpc) is 3.02. The molecule has 0 aliphatic carbocycles. The van der Waals surface area contributed by atoms with Crippen LogP contribution in [0.5, 0.6) is 0 Å². The van der Waals surface area contributed by atoms with Crippen LogP contribution in [-0.4, -0.2) is 75.5 Å². The molecule has 0 radical (unpaired) electrons. The number of hydrogen-bond donors (Lipinski definition) is 1. The lowest BCUT2D eigenvalue weighted by Crippen LogP contribution is -2.54. The molecule has 1 N–H and O–H groups in total. The Labute approximate surface area is 147 Å². The van der Waals surface area contributed by atoms with Crippen molar-refractivity contribution in [3.8, 4) is 0 Å². The van der Waals surface area contributed by atoms with Crippen molar-refractivity contribution in [2.24, 2.45) is 0 Å². The van der Waals surface area contributed by atoms with Gasteiger partial charge in [-0.2, -0.15) is 5.10 Å². The Kier molecular flexibility index (Phi) is 4.82. The molecule has 2 fully saturated rings. The van der Waals surface area contributed by atoms with Gasteiger partial charge < -0.3 is 19.9 Å². The maximum Gasteiger partial charge on any atom is 0.410 e. The summed E-state index contributed by atoms with van der Waals surface area (Å²) >= 11 is 0. The van der Waals surface area contributed by atoms with Crippen LogP contribution < -0.4 is 5.32 Å². The predicted octanol–water partition coefficient (Wildman–Crippen LogP) is 0.911. The van der Waals surface area contributed by atoms with Crippen molar-refractivity contribution in [2.75, 3.05) is 33.2 Å². The lowest BCUT2D eigenvalue weighted by Gasteiger charge is -2.38. The molecule has 25 heavy (non-hydrogen) atoms. The lowest BCUT2D eigenvalue weighted by molar-refractivity contribution is 0.00322. The Balaban J connectivity index is 1.45. The first-order valence-electron chi connectivity index (χ1n) is 8.73. The number of carbonyl (C=O) groups is 2. The van der Waals surface area contributed by atoms with Crippen LogP contribution in [0.15, 0.2) is 0 Å². The first kappa shape index (κ1) is 17.5. The Morgan fingerprint density at radius 1 is 1.36 bits per heavy atom. The highest BCUT2D eigenvalue weighted by Gasteiger charge is 2.47. The minimum Gasteiger partial charge on any atom is -0.439 e. The number of aryl methyl sites for hydroxylation is 3. The number of likely N-dealkylation sites (N-methyl/N-ethyl adjacent to an activating group) is 1. The van der Waals surface area contributed by atoms with E-state index in [0.29, 0.717) is 26.2 Å². The monoisotopic (exact) mass is 350 g/mol. The number of rotatable bonds is 4. The van der Waals surface area contributed by atoms with Gasteiger partial charge in [0.15, 0.2) is 0 Å². The molecule has 2 aliphatic heterocycles. The van der Waals surface area contributed by atoms with Crippen molar-refractivity contribution in [3.05, 3.63) is 11.6 Å². The summed E-state index contributed by atoms with van der Waals surface area (Å²) in [4.78, 5) is 31.7. The first-order valence-corrected chi connectivity index (χ1v) is 8.73. The fourth-order valence-corrected chi connectivity index (χ4v) is 3.58. The summed E-state index contributed by atoms with van der Waals surface area (Å²) in [6.07, 6.45) is 2.12. The molecule has 0 aromatic carbocycles. The van der Waals surface area contributed by atoms with E-state index in [-0.39, 0.29) is 12.1 Å². The van der Waals surface area contributed by atoms with E-state index in [1.807, 2.05) is 18.5 Å². The topological polar surface area (TPSA) is 92.6 Å². The maximum atomic E-state index is 12.4. The minimum atomic E-state index is -0.545. The second kappa shape index (κ2) is 6.89. The van der Waals surface area contributed by atoms with E-state index in [1.165, 1.54) is 0 Å². The van der Waals surface area contributed by atoms with E-state index < -0.39 is 5.60 Å². The van der Waals surface area contributed by atoms with Gasteiger partial charge in [-0.05, 0) is 33.1 Å². The Morgan fingerprint density at radius 2 is 2.16 bits per heavy atom. The van der Waals surface area contributed by atoms with Crippen molar-refractivity contribution in [2.45, 2.75) is 45.3 Å². The van der Waals surface area contributed by atoms with E-state index in [2.05, 4.69) is 15.4 Å². The predicted molar refractivity (Wildman–Crippen MR) is 90.2 cm³/mol. The minimum absolute atomic E-state index is 0.101. The van der Waals surface area contributed by atoms with Gasteiger partial charge >= 0.3 is 12.1 Å². The number of piperidine rings is 1. The van der Waals surface area contributed by atoms with Crippen molar-refractivity contribution >= 4 is 12.1 Å². The van der Waals surface area contributed by atoms with Crippen molar-refractivity contribution < 1.29 is 14.3 Å². The highest BCUT2D eigenvalue weighted by atomic mass is 16.6. The molecule has 3 amide bonds. The fourth-order valence-electron chi connectivity index (χ4n) is 3.58. The summed E-state index contributed by atoms with van der Waals surface area (Å²) in [5, 5.41) is 7.26.